The van der Waals surface area contributed by atoms with Crippen molar-refractivity contribution in [3.8, 4) is 0 Å². The number of benzene rings is 2. The summed E-state index contributed by atoms with van der Waals surface area (Å²) in [7, 11) is -2.14. The van der Waals surface area contributed by atoms with Crippen molar-refractivity contribution < 1.29 is 18.3 Å². The molecule has 1 aliphatic heterocycles. The van der Waals surface area contributed by atoms with Crippen LogP contribution in [0.25, 0.3) is 0 Å². The second-order valence-electron chi connectivity index (χ2n) is 8.22. The van der Waals surface area contributed by atoms with E-state index in [1.165, 1.54) is 30.3 Å². The molecule has 2 aromatic rings. The zero-order chi connectivity index (χ0) is 21.3. The lowest BCUT2D eigenvalue weighted by Crippen LogP contribution is -2.51. The van der Waals surface area contributed by atoms with Crippen LogP contribution in [0.4, 0.5) is 0 Å². The van der Waals surface area contributed by atoms with E-state index in [0.29, 0.717) is 12.0 Å². The van der Waals surface area contributed by atoms with Crippen molar-refractivity contribution in [2.45, 2.75) is 42.7 Å². The molecule has 1 heterocycles. The zero-order valence-electron chi connectivity index (χ0n) is 17.1. The maximum absolute atomic E-state index is 12.9. The van der Waals surface area contributed by atoms with Crippen molar-refractivity contribution in [1.29, 1.82) is 0 Å². The highest BCUT2D eigenvalue weighted by molar-refractivity contribution is 7.89. The maximum atomic E-state index is 12.9. The maximum Gasteiger partial charge on any atom is 0.240 e. The Morgan fingerprint density at radius 3 is 2.20 bits per heavy atom. The topological polar surface area (TPSA) is 86.7 Å². The van der Waals surface area contributed by atoms with Gasteiger partial charge in [-0.25, -0.2) is 13.1 Å². The van der Waals surface area contributed by atoms with E-state index < -0.39 is 10.0 Å². The van der Waals surface area contributed by atoms with Crippen molar-refractivity contribution in [3.05, 3.63) is 65.2 Å². The summed E-state index contributed by atoms with van der Waals surface area (Å²) in [5.41, 5.74) is 3.09. The largest absolute Gasteiger partial charge is 0.391 e. The van der Waals surface area contributed by atoms with Crippen molar-refractivity contribution in [2.24, 2.45) is 5.92 Å². The van der Waals surface area contributed by atoms with Crippen molar-refractivity contribution in [1.82, 2.24) is 9.62 Å². The number of piperidine rings is 1. The first-order valence-electron chi connectivity index (χ1n) is 10.5. The van der Waals surface area contributed by atoms with Gasteiger partial charge in [0.2, 0.25) is 10.0 Å². The minimum absolute atomic E-state index is 0.0672. The molecule has 0 aromatic heterocycles. The van der Waals surface area contributed by atoms with Gasteiger partial charge >= 0.3 is 0 Å². The Hall–Kier alpha value is -2.06. The zero-order valence-corrected chi connectivity index (χ0v) is 17.9. The second kappa shape index (κ2) is 8.59. The molecular formula is C23H28N2O4S. The Balaban J connectivity index is 1.38. The third kappa shape index (κ3) is 4.21. The molecular weight excluding hydrogens is 400 g/mol. The minimum atomic E-state index is -3.50. The highest BCUT2D eigenvalue weighted by Gasteiger charge is 2.35. The monoisotopic (exact) mass is 428 g/mol. The highest BCUT2D eigenvalue weighted by atomic mass is 32.2. The minimum Gasteiger partial charge on any atom is -0.391 e. The Morgan fingerprint density at radius 2 is 1.60 bits per heavy atom. The number of carbonyl (C=O) groups excluding carboxylic acids is 1. The first-order valence-corrected chi connectivity index (χ1v) is 11.9. The lowest BCUT2D eigenvalue weighted by molar-refractivity contribution is 0.0239. The van der Waals surface area contributed by atoms with E-state index in [-0.39, 0.29) is 28.7 Å². The van der Waals surface area contributed by atoms with Gasteiger partial charge in [-0.1, -0.05) is 36.4 Å². The van der Waals surface area contributed by atoms with Crippen LogP contribution in [-0.2, 0) is 22.9 Å². The molecule has 1 saturated heterocycles. The molecule has 2 atom stereocenters. The molecule has 30 heavy (non-hydrogen) atoms. The fourth-order valence-electron chi connectivity index (χ4n) is 4.70. The smallest absolute Gasteiger partial charge is 0.240 e. The quantitative estimate of drug-likeness (QED) is 0.712. The Morgan fingerprint density at radius 1 is 1.00 bits per heavy atom. The van der Waals surface area contributed by atoms with E-state index in [2.05, 4.69) is 21.8 Å². The normalized spacial score (nSPS) is 23.1. The number of Topliss-reactive ketones (excluding diaryl/α,β-unsaturated/α-hetero) is 1. The molecule has 0 unspecified atom stereocenters. The summed E-state index contributed by atoms with van der Waals surface area (Å²) in [6, 6.07) is 14.5. The molecule has 2 aliphatic rings. The number of sulfonamides is 1. The third-order valence-electron chi connectivity index (χ3n) is 6.51. The molecule has 2 N–H and O–H groups in total. The predicted octanol–water partition coefficient (Wildman–Crippen LogP) is 2.02. The number of carbonyl (C=O) groups is 1. The number of hydrogen-bond donors (Lipinski definition) is 2. The van der Waals surface area contributed by atoms with E-state index in [0.717, 1.165) is 32.4 Å². The lowest BCUT2D eigenvalue weighted by Gasteiger charge is -2.41. The Kier molecular flexibility index (Phi) is 6.06. The molecule has 160 valence electrons. The summed E-state index contributed by atoms with van der Waals surface area (Å²) in [6.45, 7) is 1.57. The van der Waals surface area contributed by atoms with Gasteiger partial charge < -0.3 is 5.11 Å². The molecule has 7 heteroatoms. The second-order valence-corrected chi connectivity index (χ2v) is 10.1. The van der Waals surface area contributed by atoms with E-state index >= 15 is 0 Å². The van der Waals surface area contributed by atoms with Gasteiger partial charge in [-0.2, -0.15) is 0 Å². The van der Waals surface area contributed by atoms with Crippen LogP contribution in [0.3, 0.4) is 0 Å². The SMILES string of the molecule is CNS(=O)(=O)c1ccc(C(=O)C2CCN([C@@H]3Cc4ccccc4C[C@H]3O)CC2)cc1. The van der Waals surface area contributed by atoms with Gasteiger partial charge in [0.25, 0.3) is 0 Å². The van der Waals surface area contributed by atoms with Gasteiger partial charge in [0.05, 0.1) is 11.0 Å². The highest BCUT2D eigenvalue weighted by Crippen LogP contribution is 2.29. The molecule has 0 amide bonds. The first-order chi connectivity index (χ1) is 14.4. The van der Waals surface area contributed by atoms with Crippen LogP contribution in [0, 0.1) is 5.92 Å². The molecule has 0 bridgehead atoms. The standard InChI is InChI=1S/C23H28N2O4S/c1-24-30(28,29)20-8-6-16(7-9-20)23(27)17-10-12-25(13-11-17)21-14-18-4-2-3-5-19(18)15-22(21)26/h2-9,17,21-22,24,26H,10-15H2,1H3/t21-,22-/m1/s1. The molecule has 1 aliphatic carbocycles. The van der Waals surface area contributed by atoms with Crippen LogP contribution in [0.2, 0.25) is 0 Å². The van der Waals surface area contributed by atoms with Gasteiger partial charge in [0.15, 0.2) is 5.78 Å². The van der Waals surface area contributed by atoms with Crippen LogP contribution in [0.5, 0.6) is 0 Å². The molecule has 0 saturated carbocycles. The molecule has 4 rings (SSSR count). The van der Waals surface area contributed by atoms with Gasteiger partial charge in [0.1, 0.15) is 0 Å². The molecule has 6 nitrogen and oxygen atoms in total. The molecule has 0 spiro atoms. The van der Waals surface area contributed by atoms with Gasteiger partial charge in [-0.15, -0.1) is 0 Å². The van der Waals surface area contributed by atoms with Gasteiger partial charge in [0, 0.05) is 23.9 Å². The first kappa shape index (κ1) is 21.2. The van der Waals surface area contributed by atoms with Gasteiger partial charge in [-0.05, 0) is 62.7 Å². The summed E-state index contributed by atoms with van der Waals surface area (Å²) in [5, 5.41) is 10.7. The summed E-state index contributed by atoms with van der Waals surface area (Å²) in [4.78, 5) is 15.4. The Bertz CT molecular complexity index is 1010. The number of aliphatic hydroxyl groups is 1. The van der Waals surface area contributed by atoms with Crippen molar-refractivity contribution in [2.75, 3.05) is 20.1 Å². The van der Waals surface area contributed by atoms with Crippen molar-refractivity contribution >= 4 is 15.8 Å². The predicted molar refractivity (Wildman–Crippen MR) is 115 cm³/mol. The van der Waals surface area contributed by atoms with E-state index in [4.69, 9.17) is 0 Å². The van der Waals surface area contributed by atoms with Crippen LogP contribution in [0.1, 0.15) is 34.3 Å². The lowest BCUT2D eigenvalue weighted by atomic mass is 9.83. The number of hydrogen-bond acceptors (Lipinski definition) is 5. The summed E-state index contributed by atoms with van der Waals surface area (Å²) in [5.74, 6) is -0.00128. The summed E-state index contributed by atoms with van der Waals surface area (Å²) in [6.07, 6.45) is 2.65. The average molecular weight is 429 g/mol. The summed E-state index contributed by atoms with van der Waals surface area (Å²) < 4.78 is 26.0. The van der Waals surface area contributed by atoms with Crippen LogP contribution < -0.4 is 4.72 Å². The molecule has 2 aromatic carbocycles. The van der Waals surface area contributed by atoms with E-state index in [9.17, 15) is 18.3 Å². The summed E-state index contributed by atoms with van der Waals surface area (Å²) >= 11 is 0. The molecule has 1 fully saturated rings. The third-order valence-corrected chi connectivity index (χ3v) is 7.94. The molecule has 0 radical (unpaired) electrons. The van der Waals surface area contributed by atoms with Crippen LogP contribution in [-0.4, -0.2) is 56.5 Å². The van der Waals surface area contributed by atoms with Crippen LogP contribution in [0.15, 0.2) is 53.4 Å². The number of rotatable bonds is 5. The number of fused-ring (bicyclic) bond motifs is 1. The van der Waals surface area contributed by atoms with E-state index in [1.807, 2.05) is 12.1 Å². The number of nitrogens with one attached hydrogen (secondary N) is 1. The number of nitrogens with zero attached hydrogens (tertiary/aromatic N) is 1. The van der Waals surface area contributed by atoms with Crippen LogP contribution >= 0.6 is 0 Å². The van der Waals surface area contributed by atoms with E-state index in [1.54, 1.807) is 12.1 Å². The fraction of sp³-hybridized carbons (Fsp3) is 0.435. The number of ketones is 1. The number of likely N-dealkylation sites (tertiary alicyclic amines) is 1. The van der Waals surface area contributed by atoms with Crippen molar-refractivity contribution in [3.63, 3.8) is 0 Å². The fourth-order valence-corrected chi connectivity index (χ4v) is 5.43. The number of aliphatic hydroxyl groups excluding tert-OH is 1. The Labute approximate surface area is 178 Å². The van der Waals surface area contributed by atoms with Gasteiger partial charge in [-0.3, -0.25) is 9.69 Å². The average Bonchev–Trinajstić information content (AvgIpc) is 2.78.